The van der Waals surface area contributed by atoms with E-state index < -0.39 is 0 Å². The van der Waals surface area contributed by atoms with Gasteiger partial charge in [0.1, 0.15) is 12.1 Å². The third kappa shape index (κ3) is 3.39. The molecule has 0 atom stereocenters. The van der Waals surface area contributed by atoms with Gasteiger partial charge in [-0.1, -0.05) is 24.0 Å². The second-order valence-electron chi connectivity index (χ2n) is 7.22. The van der Waals surface area contributed by atoms with E-state index in [0.29, 0.717) is 46.2 Å². The Hall–Kier alpha value is -3.85. The fraction of sp³-hybridized carbons (Fsp3) is 0.174. The van der Waals surface area contributed by atoms with Crippen LogP contribution < -0.4 is 5.73 Å². The van der Waals surface area contributed by atoms with Crippen molar-refractivity contribution in [1.82, 2.24) is 14.5 Å². The van der Waals surface area contributed by atoms with Gasteiger partial charge in [-0.3, -0.25) is 9.36 Å². The number of carbonyl (C=O) groups is 1. The first-order valence-corrected chi connectivity index (χ1v) is 9.50. The number of Topliss-reactive ketones (excluding diaryl/α,β-unsaturated/α-hetero) is 1. The third-order valence-corrected chi connectivity index (χ3v) is 5.05. The zero-order valence-corrected chi connectivity index (χ0v) is 15.6. The number of fused-ring (bicyclic) bond motifs is 1. The molecule has 0 saturated heterocycles. The molecule has 1 saturated carbocycles. The van der Waals surface area contributed by atoms with Crippen molar-refractivity contribution in [3.05, 3.63) is 71.9 Å². The summed E-state index contributed by atoms with van der Waals surface area (Å²) in [4.78, 5) is 20.8. The van der Waals surface area contributed by atoms with Gasteiger partial charge in [-0.05, 0) is 37.0 Å². The van der Waals surface area contributed by atoms with Crippen molar-refractivity contribution in [3.63, 3.8) is 0 Å². The van der Waals surface area contributed by atoms with E-state index in [1.807, 2.05) is 36.5 Å². The summed E-state index contributed by atoms with van der Waals surface area (Å²) in [5.41, 5.74) is 8.92. The van der Waals surface area contributed by atoms with Crippen LogP contribution in [0.3, 0.4) is 0 Å². The highest BCUT2D eigenvalue weighted by Gasteiger charge is 2.24. The molecule has 1 aliphatic carbocycles. The number of nitrogens with two attached hydrogens (primary N) is 1. The number of furan rings is 1. The van der Waals surface area contributed by atoms with Crippen LogP contribution in [0.15, 0.2) is 59.6 Å². The van der Waals surface area contributed by atoms with Gasteiger partial charge in [0.25, 0.3) is 0 Å². The summed E-state index contributed by atoms with van der Waals surface area (Å²) in [6.45, 7) is 0. The molecule has 5 rings (SSSR count). The number of hydrogen-bond acceptors (Lipinski definition) is 5. The number of nitrogen functional groups attached to an aromatic ring is 1. The van der Waals surface area contributed by atoms with Gasteiger partial charge in [0, 0.05) is 29.8 Å². The van der Waals surface area contributed by atoms with E-state index in [4.69, 9.17) is 10.2 Å². The molecule has 0 bridgehead atoms. The molecular weight excluding hydrogens is 364 g/mol. The van der Waals surface area contributed by atoms with Gasteiger partial charge in [-0.2, -0.15) is 0 Å². The van der Waals surface area contributed by atoms with Gasteiger partial charge in [0.05, 0.1) is 17.2 Å². The average molecular weight is 382 g/mol. The fourth-order valence-electron chi connectivity index (χ4n) is 3.37. The minimum absolute atomic E-state index is 0.184. The molecule has 1 aromatic carbocycles. The summed E-state index contributed by atoms with van der Waals surface area (Å²) in [5, 5.41) is 0.678. The lowest BCUT2D eigenvalue weighted by atomic mass is 10.0. The predicted octanol–water partition coefficient (Wildman–Crippen LogP) is 3.98. The first kappa shape index (κ1) is 17.3. The lowest BCUT2D eigenvalue weighted by Crippen LogP contribution is -2.00. The van der Waals surface area contributed by atoms with Crippen molar-refractivity contribution in [2.24, 2.45) is 5.92 Å². The Morgan fingerprint density at radius 2 is 2.10 bits per heavy atom. The lowest BCUT2D eigenvalue weighted by molar-refractivity contribution is 0.0976. The highest BCUT2D eigenvalue weighted by atomic mass is 16.3. The molecule has 0 unspecified atom stereocenters. The Morgan fingerprint density at radius 1 is 1.21 bits per heavy atom. The van der Waals surface area contributed by atoms with E-state index in [2.05, 4.69) is 21.8 Å². The van der Waals surface area contributed by atoms with Crippen molar-refractivity contribution in [2.75, 3.05) is 5.73 Å². The number of nitrogens with zero attached hydrogens (tertiary/aromatic N) is 3. The van der Waals surface area contributed by atoms with E-state index in [9.17, 15) is 4.79 Å². The number of hydrogen-bond donors (Lipinski definition) is 1. The number of carbonyl (C=O) groups excluding carboxylic acids is 1. The van der Waals surface area contributed by atoms with E-state index in [-0.39, 0.29) is 5.78 Å². The fourth-order valence-corrected chi connectivity index (χ4v) is 3.37. The third-order valence-electron chi connectivity index (χ3n) is 5.05. The Kier molecular flexibility index (Phi) is 4.14. The summed E-state index contributed by atoms with van der Waals surface area (Å²) in [6.07, 6.45) is 7.80. The monoisotopic (exact) mass is 382 g/mol. The summed E-state index contributed by atoms with van der Waals surface area (Å²) >= 11 is 0. The van der Waals surface area contributed by atoms with Crippen molar-refractivity contribution < 1.29 is 9.21 Å². The molecule has 6 heteroatoms. The van der Waals surface area contributed by atoms with Crippen LogP contribution in [0.4, 0.5) is 5.82 Å². The van der Waals surface area contributed by atoms with E-state index in [1.54, 1.807) is 16.9 Å². The summed E-state index contributed by atoms with van der Waals surface area (Å²) in [5.74, 6) is 8.03. The second-order valence-corrected chi connectivity index (χ2v) is 7.22. The van der Waals surface area contributed by atoms with Crippen LogP contribution in [0.25, 0.3) is 16.9 Å². The SMILES string of the molecule is Nc1ncnc2c1c(C#Cc1cccc(C(=O)CC3CC3)c1)cn2-c1ccco1. The van der Waals surface area contributed by atoms with Crippen LogP contribution in [0.2, 0.25) is 0 Å². The normalized spacial score (nSPS) is 13.2. The number of anilines is 1. The van der Waals surface area contributed by atoms with E-state index in [0.717, 1.165) is 18.4 Å². The molecular formula is C23H18N4O2. The zero-order chi connectivity index (χ0) is 19.8. The van der Waals surface area contributed by atoms with Crippen LogP contribution in [0.5, 0.6) is 0 Å². The van der Waals surface area contributed by atoms with Gasteiger partial charge in [0.15, 0.2) is 11.4 Å². The first-order chi connectivity index (χ1) is 14.2. The Balaban J connectivity index is 1.53. The number of aromatic nitrogens is 3. The molecule has 2 N–H and O–H groups in total. The standard InChI is InChI=1S/C23H18N4O2/c24-22-21-18(13-27(20-5-2-10-29-20)23(21)26-14-25-22)9-8-15-3-1-4-17(11-15)19(28)12-16-6-7-16/h1-5,10-11,13-14,16H,6-7,12H2,(H2,24,25,26). The molecule has 0 amide bonds. The van der Waals surface area contributed by atoms with Crippen LogP contribution >= 0.6 is 0 Å². The highest BCUT2D eigenvalue weighted by Crippen LogP contribution is 2.33. The molecule has 0 radical (unpaired) electrons. The first-order valence-electron chi connectivity index (χ1n) is 9.50. The minimum atomic E-state index is 0.184. The smallest absolute Gasteiger partial charge is 0.204 e. The molecule has 142 valence electrons. The summed E-state index contributed by atoms with van der Waals surface area (Å²) in [6, 6.07) is 11.1. The summed E-state index contributed by atoms with van der Waals surface area (Å²) in [7, 11) is 0. The maximum Gasteiger partial charge on any atom is 0.204 e. The van der Waals surface area contributed by atoms with Gasteiger partial charge < -0.3 is 10.2 Å². The molecule has 3 aromatic heterocycles. The maximum absolute atomic E-state index is 12.4. The molecule has 3 heterocycles. The van der Waals surface area contributed by atoms with Gasteiger partial charge in [-0.15, -0.1) is 0 Å². The Morgan fingerprint density at radius 3 is 2.90 bits per heavy atom. The molecule has 29 heavy (non-hydrogen) atoms. The summed E-state index contributed by atoms with van der Waals surface area (Å²) < 4.78 is 7.30. The van der Waals surface area contributed by atoms with Crippen LogP contribution in [0.1, 0.15) is 40.7 Å². The largest absolute Gasteiger partial charge is 0.448 e. The van der Waals surface area contributed by atoms with Crippen molar-refractivity contribution in [1.29, 1.82) is 0 Å². The van der Waals surface area contributed by atoms with Gasteiger partial charge in [-0.25, -0.2) is 9.97 Å². The van der Waals surface area contributed by atoms with Gasteiger partial charge >= 0.3 is 0 Å². The van der Waals surface area contributed by atoms with Crippen LogP contribution in [0, 0.1) is 17.8 Å². The van der Waals surface area contributed by atoms with Crippen molar-refractivity contribution in [3.8, 4) is 17.7 Å². The van der Waals surface area contributed by atoms with Crippen LogP contribution in [-0.4, -0.2) is 20.3 Å². The van der Waals surface area contributed by atoms with E-state index in [1.165, 1.54) is 6.33 Å². The van der Waals surface area contributed by atoms with Gasteiger partial charge in [0.2, 0.25) is 5.88 Å². The van der Waals surface area contributed by atoms with Crippen molar-refractivity contribution in [2.45, 2.75) is 19.3 Å². The maximum atomic E-state index is 12.4. The van der Waals surface area contributed by atoms with Crippen molar-refractivity contribution >= 4 is 22.6 Å². The quantitative estimate of drug-likeness (QED) is 0.426. The number of rotatable bonds is 4. The number of ketones is 1. The van der Waals surface area contributed by atoms with Crippen LogP contribution in [-0.2, 0) is 0 Å². The minimum Gasteiger partial charge on any atom is -0.448 e. The molecule has 4 aromatic rings. The Labute approximate surface area is 167 Å². The molecule has 0 spiro atoms. The molecule has 0 aliphatic heterocycles. The predicted molar refractivity (Wildman–Crippen MR) is 110 cm³/mol. The molecule has 1 fully saturated rings. The van der Waals surface area contributed by atoms with E-state index >= 15 is 0 Å². The lowest BCUT2D eigenvalue weighted by Gasteiger charge is -2.00. The topological polar surface area (TPSA) is 86.9 Å². The molecule has 1 aliphatic rings. The number of benzene rings is 1. The zero-order valence-electron chi connectivity index (χ0n) is 15.6. The highest BCUT2D eigenvalue weighted by molar-refractivity contribution is 5.97. The second kappa shape index (κ2) is 6.95. The average Bonchev–Trinajstić information content (AvgIpc) is 3.24. The Bertz CT molecular complexity index is 1270. The molecule has 6 nitrogen and oxygen atoms in total.